The first-order valence-corrected chi connectivity index (χ1v) is 6.46. The smallest absolute Gasteiger partial charge is 0.254 e. The molecule has 104 valence electrons. The molecule has 0 spiro atoms. The summed E-state index contributed by atoms with van der Waals surface area (Å²) < 4.78 is 0. The Kier molecular flexibility index (Phi) is 4.55. The van der Waals surface area contributed by atoms with E-state index in [1.54, 1.807) is 24.4 Å². The number of nitrogen functional groups attached to an aromatic ring is 1. The van der Waals surface area contributed by atoms with Crippen LogP contribution in [0.2, 0.25) is 5.02 Å². The Morgan fingerprint density at radius 2 is 2.00 bits per heavy atom. The fourth-order valence-corrected chi connectivity index (χ4v) is 1.94. The summed E-state index contributed by atoms with van der Waals surface area (Å²) >= 11 is 5.84. The molecule has 1 unspecified atom stereocenters. The highest BCUT2D eigenvalue weighted by Gasteiger charge is 2.14. The van der Waals surface area contributed by atoms with Crippen molar-refractivity contribution in [2.75, 3.05) is 5.43 Å². The van der Waals surface area contributed by atoms with Gasteiger partial charge < -0.3 is 10.7 Å². The first-order chi connectivity index (χ1) is 9.61. The van der Waals surface area contributed by atoms with Gasteiger partial charge in [0.15, 0.2) is 0 Å². The van der Waals surface area contributed by atoms with Crippen molar-refractivity contribution in [2.24, 2.45) is 5.84 Å². The van der Waals surface area contributed by atoms with Gasteiger partial charge in [-0.15, -0.1) is 0 Å². The molecule has 0 fully saturated rings. The molecule has 1 aromatic carbocycles. The summed E-state index contributed by atoms with van der Waals surface area (Å²) in [7, 11) is 0. The molecule has 0 saturated heterocycles. The second-order valence-electron chi connectivity index (χ2n) is 4.31. The standard InChI is InChI=1S/C14H15ClN4O/c1-9(10-2-4-11(15)5-3-10)18-14(20)12-6-7-17-8-13(12)19-16/h2-9,19H,16H2,1H3,(H,18,20). The van der Waals surface area contributed by atoms with Crippen LogP contribution in [-0.4, -0.2) is 10.9 Å². The lowest BCUT2D eigenvalue weighted by atomic mass is 10.1. The molecule has 0 aliphatic rings. The number of rotatable bonds is 4. The number of hydrogen-bond donors (Lipinski definition) is 3. The number of anilines is 1. The third kappa shape index (κ3) is 3.26. The van der Waals surface area contributed by atoms with Crippen LogP contribution < -0.4 is 16.6 Å². The quantitative estimate of drug-likeness (QED) is 0.597. The van der Waals surface area contributed by atoms with Gasteiger partial charge in [-0.2, -0.15) is 0 Å². The molecule has 2 aromatic rings. The molecule has 0 bridgehead atoms. The van der Waals surface area contributed by atoms with E-state index in [1.807, 2.05) is 19.1 Å². The number of nitrogens with zero attached hydrogens (tertiary/aromatic N) is 1. The summed E-state index contributed by atoms with van der Waals surface area (Å²) in [4.78, 5) is 16.1. The van der Waals surface area contributed by atoms with Gasteiger partial charge in [0.1, 0.15) is 0 Å². The van der Waals surface area contributed by atoms with E-state index >= 15 is 0 Å². The Labute approximate surface area is 122 Å². The van der Waals surface area contributed by atoms with E-state index in [-0.39, 0.29) is 11.9 Å². The molecular weight excluding hydrogens is 276 g/mol. The van der Waals surface area contributed by atoms with Crippen LogP contribution in [0.5, 0.6) is 0 Å². The lowest BCUT2D eigenvalue weighted by molar-refractivity contribution is 0.0940. The predicted molar refractivity (Wildman–Crippen MR) is 79.4 cm³/mol. The zero-order valence-corrected chi connectivity index (χ0v) is 11.7. The van der Waals surface area contributed by atoms with E-state index in [0.29, 0.717) is 16.3 Å². The van der Waals surface area contributed by atoms with Crippen LogP contribution in [0.15, 0.2) is 42.7 Å². The summed E-state index contributed by atoms with van der Waals surface area (Å²) in [5.41, 5.74) is 4.35. The van der Waals surface area contributed by atoms with Crippen molar-refractivity contribution in [2.45, 2.75) is 13.0 Å². The molecular formula is C14H15ClN4O. The molecule has 0 aliphatic carbocycles. The van der Waals surface area contributed by atoms with Crippen molar-refractivity contribution in [3.63, 3.8) is 0 Å². The number of aromatic nitrogens is 1. The largest absolute Gasteiger partial charge is 0.345 e. The Balaban J connectivity index is 2.13. The molecule has 1 heterocycles. The Hall–Kier alpha value is -2.11. The Morgan fingerprint density at radius 3 is 2.65 bits per heavy atom. The van der Waals surface area contributed by atoms with Gasteiger partial charge in [0.25, 0.3) is 5.91 Å². The Bertz CT molecular complexity index is 600. The van der Waals surface area contributed by atoms with E-state index < -0.39 is 0 Å². The zero-order valence-electron chi connectivity index (χ0n) is 10.9. The lowest BCUT2D eigenvalue weighted by Crippen LogP contribution is -2.28. The van der Waals surface area contributed by atoms with Gasteiger partial charge in [-0.3, -0.25) is 15.6 Å². The van der Waals surface area contributed by atoms with Crippen molar-refractivity contribution in [3.05, 3.63) is 58.9 Å². The van der Waals surface area contributed by atoms with E-state index in [4.69, 9.17) is 17.4 Å². The van der Waals surface area contributed by atoms with Gasteiger partial charge in [0, 0.05) is 11.2 Å². The van der Waals surface area contributed by atoms with Crippen molar-refractivity contribution in [3.8, 4) is 0 Å². The average molecular weight is 291 g/mol. The highest BCUT2D eigenvalue weighted by molar-refractivity contribution is 6.30. The number of nitrogens with two attached hydrogens (primary N) is 1. The highest BCUT2D eigenvalue weighted by atomic mass is 35.5. The molecule has 0 aliphatic heterocycles. The molecule has 4 N–H and O–H groups in total. The van der Waals surface area contributed by atoms with Gasteiger partial charge in [-0.05, 0) is 30.7 Å². The SMILES string of the molecule is CC(NC(=O)c1ccncc1NN)c1ccc(Cl)cc1. The summed E-state index contributed by atoms with van der Waals surface area (Å²) in [6, 6.07) is 8.80. The summed E-state index contributed by atoms with van der Waals surface area (Å²) in [5, 5.41) is 3.56. The maximum Gasteiger partial charge on any atom is 0.254 e. The summed E-state index contributed by atoms with van der Waals surface area (Å²) in [5.74, 6) is 5.14. The molecule has 6 heteroatoms. The van der Waals surface area contributed by atoms with E-state index in [9.17, 15) is 4.79 Å². The minimum absolute atomic E-state index is 0.140. The van der Waals surface area contributed by atoms with Crippen LogP contribution in [-0.2, 0) is 0 Å². The van der Waals surface area contributed by atoms with Crippen molar-refractivity contribution in [1.82, 2.24) is 10.3 Å². The molecule has 1 amide bonds. The predicted octanol–water partition coefficient (Wildman–Crippen LogP) is 2.51. The van der Waals surface area contributed by atoms with E-state index in [0.717, 1.165) is 5.56 Å². The van der Waals surface area contributed by atoms with Gasteiger partial charge in [0.05, 0.1) is 23.5 Å². The number of carbonyl (C=O) groups is 1. The maximum atomic E-state index is 12.2. The topological polar surface area (TPSA) is 80.0 Å². The third-order valence-electron chi connectivity index (χ3n) is 2.94. The number of amides is 1. The number of benzene rings is 1. The summed E-state index contributed by atoms with van der Waals surface area (Å²) in [6.07, 6.45) is 3.05. The van der Waals surface area contributed by atoms with Crippen LogP contribution in [0.3, 0.4) is 0 Å². The van der Waals surface area contributed by atoms with Gasteiger partial charge in [-0.1, -0.05) is 23.7 Å². The van der Waals surface area contributed by atoms with Gasteiger partial charge in [-0.25, -0.2) is 0 Å². The van der Waals surface area contributed by atoms with Crippen molar-refractivity contribution < 1.29 is 4.79 Å². The average Bonchev–Trinajstić information content (AvgIpc) is 2.47. The fraction of sp³-hybridized carbons (Fsp3) is 0.143. The molecule has 20 heavy (non-hydrogen) atoms. The molecule has 5 nitrogen and oxygen atoms in total. The van der Waals surface area contributed by atoms with Gasteiger partial charge >= 0.3 is 0 Å². The first-order valence-electron chi connectivity index (χ1n) is 6.08. The number of halogens is 1. The highest BCUT2D eigenvalue weighted by Crippen LogP contribution is 2.18. The van der Waals surface area contributed by atoms with Crippen LogP contribution in [0.1, 0.15) is 28.9 Å². The number of hydrogen-bond acceptors (Lipinski definition) is 4. The van der Waals surface area contributed by atoms with Gasteiger partial charge in [0.2, 0.25) is 0 Å². The maximum absolute atomic E-state index is 12.2. The fourth-order valence-electron chi connectivity index (χ4n) is 1.82. The molecule has 0 radical (unpaired) electrons. The van der Waals surface area contributed by atoms with Crippen LogP contribution in [0.4, 0.5) is 5.69 Å². The normalized spacial score (nSPS) is 11.8. The number of nitrogens with one attached hydrogen (secondary N) is 2. The molecule has 1 atom stereocenters. The molecule has 1 aromatic heterocycles. The van der Waals surface area contributed by atoms with Crippen molar-refractivity contribution >= 4 is 23.2 Å². The minimum atomic E-state index is -0.220. The first kappa shape index (κ1) is 14.3. The third-order valence-corrected chi connectivity index (χ3v) is 3.19. The van der Waals surface area contributed by atoms with Crippen LogP contribution in [0, 0.1) is 0 Å². The second kappa shape index (κ2) is 6.36. The van der Waals surface area contributed by atoms with E-state index in [1.165, 1.54) is 6.20 Å². The molecule has 0 saturated carbocycles. The molecule has 2 rings (SSSR count). The number of carbonyl (C=O) groups excluding carboxylic acids is 1. The van der Waals surface area contributed by atoms with Crippen molar-refractivity contribution in [1.29, 1.82) is 0 Å². The zero-order chi connectivity index (χ0) is 14.5. The van der Waals surface area contributed by atoms with Crippen LogP contribution >= 0.6 is 11.6 Å². The second-order valence-corrected chi connectivity index (χ2v) is 4.75. The van der Waals surface area contributed by atoms with E-state index in [2.05, 4.69) is 15.7 Å². The lowest BCUT2D eigenvalue weighted by Gasteiger charge is -2.15. The Morgan fingerprint density at radius 1 is 1.30 bits per heavy atom. The minimum Gasteiger partial charge on any atom is -0.345 e. The number of pyridine rings is 1. The monoisotopic (exact) mass is 290 g/mol. The number of hydrazine groups is 1. The summed E-state index contributed by atoms with van der Waals surface area (Å²) in [6.45, 7) is 1.90. The van der Waals surface area contributed by atoms with Crippen LogP contribution in [0.25, 0.3) is 0 Å².